The van der Waals surface area contributed by atoms with Crippen LogP contribution in [0, 0.1) is 0 Å². The van der Waals surface area contributed by atoms with Crippen LogP contribution in [0.25, 0.3) is 11.4 Å². The van der Waals surface area contributed by atoms with Gasteiger partial charge in [-0.15, -0.1) is 5.10 Å². The van der Waals surface area contributed by atoms with Crippen molar-refractivity contribution in [2.24, 2.45) is 0 Å². The zero-order valence-electron chi connectivity index (χ0n) is 15.1. The highest BCUT2D eigenvalue weighted by Crippen LogP contribution is 2.22. The van der Waals surface area contributed by atoms with Gasteiger partial charge >= 0.3 is 0 Å². The number of furan rings is 1. The number of aromatic nitrogens is 4. The van der Waals surface area contributed by atoms with Gasteiger partial charge < -0.3 is 14.5 Å². The fourth-order valence-corrected chi connectivity index (χ4v) is 2.70. The maximum Gasteiger partial charge on any atom is 0.285 e. The van der Waals surface area contributed by atoms with Gasteiger partial charge in [0.1, 0.15) is 11.5 Å². The molecule has 4 aromatic rings. The maximum absolute atomic E-state index is 13.2. The summed E-state index contributed by atoms with van der Waals surface area (Å²) in [7, 11) is 1.52. The van der Waals surface area contributed by atoms with Crippen molar-refractivity contribution in [1.82, 2.24) is 19.7 Å². The number of hydrogen-bond acceptors (Lipinski definition) is 7. The molecule has 0 aliphatic carbocycles. The van der Waals surface area contributed by atoms with Crippen molar-refractivity contribution in [3.63, 3.8) is 0 Å². The molecular formula is C20H17N5O3. The van der Waals surface area contributed by atoms with E-state index in [0.29, 0.717) is 41.0 Å². The molecule has 0 unspecified atom stereocenters. The summed E-state index contributed by atoms with van der Waals surface area (Å²) in [6, 6.07) is 14.2. The number of ether oxygens (including phenoxy) is 1. The molecule has 8 heteroatoms. The Kier molecular flexibility index (Phi) is 4.83. The smallest absolute Gasteiger partial charge is 0.285 e. The highest BCUT2D eigenvalue weighted by Gasteiger charge is 2.21. The first kappa shape index (κ1) is 17.5. The Morgan fingerprint density at radius 2 is 2.07 bits per heavy atom. The minimum atomic E-state index is -0.359. The molecule has 0 saturated carbocycles. The Bertz CT molecular complexity index is 1070. The summed E-state index contributed by atoms with van der Waals surface area (Å²) in [4.78, 5) is 21.7. The number of nitrogens with zero attached hydrogens (tertiary/aromatic N) is 4. The number of carbonyl (C=O) groups is 1. The molecule has 3 heterocycles. The number of para-hydroxylation sites is 1. The van der Waals surface area contributed by atoms with E-state index in [-0.39, 0.29) is 5.91 Å². The zero-order valence-corrected chi connectivity index (χ0v) is 15.1. The summed E-state index contributed by atoms with van der Waals surface area (Å²) in [6.45, 7) is 0.359. The molecule has 0 atom stereocenters. The summed E-state index contributed by atoms with van der Waals surface area (Å²) >= 11 is 0. The quantitative estimate of drug-likeness (QED) is 0.553. The van der Waals surface area contributed by atoms with Gasteiger partial charge in [0, 0.05) is 18.0 Å². The number of nitrogens with one attached hydrogen (secondary N) is 1. The minimum absolute atomic E-state index is 0.297. The van der Waals surface area contributed by atoms with E-state index in [4.69, 9.17) is 9.15 Å². The Morgan fingerprint density at radius 1 is 1.18 bits per heavy atom. The van der Waals surface area contributed by atoms with Crippen molar-refractivity contribution in [3.8, 4) is 17.1 Å². The number of benzene rings is 1. The molecule has 0 amide bonds. The van der Waals surface area contributed by atoms with Gasteiger partial charge in [-0.1, -0.05) is 12.1 Å². The van der Waals surface area contributed by atoms with Gasteiger partial charge in [-0.3, -0.25) is 9.78 Å². The zero-order chi connectivity index (χ0) is 19.3. The van der Waals surface area contributed by atoms with Crippen LogP contribution in [0.4, 0.5) is 5.95 Å². The largest absolute Gasteiger partial charge is 0.496 e. The van der Waals surface area contributed by atoms with Crippen LogP contribution in [-0.4, -0.2) is 32.8 Å². The molecule has 1 aromatic carbocycles. The van der Waals surface area contributed by atoms with Crippen LogP contribution in [0.2, 0.25) is 0 Å². The monoisotopic (exact) mass is 375 g/mol. The first-order valence-electron chi connectivity index (χ1n) is 8.57. The fraction of sp³-hybridized carbons (Fsp3) is 0.100. The molecule has 0 radical (unpaired) electrons. The second-order valence-corrected chi connectivity index (χ2v) is 5.85. The highest BCUT2D eigenvalue weighted by atomic mass is 16.5. The third kappa shape index (κ3) is 3.48. The van der Waals surface area contributed by atoms with Crippen LogP contribution in [0.15, 0.2) is 71.6 Å². The van der Waals surface area contributed by atoms with Crippen molar-refractivity contribution >= 4 is 11.9 Å². The average Bonchev–Trinajstić information content (AvgIpc) is 3.42. The van der Waals surface area contributed by atoms with Gasteiger partial charge in [-0.2, -0.15) is 9.67 Å². The lowest BCUT2D eigenvalue weighted by Gasteiger charge is -2.09. The van der Waals surface area contributed by atoms with E-state index in [2.05, 4.69) is 20.4 Å². The Morgan fingerprint density at radius 3 is 2.82 bits per heavy atom. The second kappa shape index (κ2) is 7.75. The molecule has 0 aliphatic rings. The molecule has 0 bridgehead atoms. The summed E-state index contributed by atoms with van der Waals surface area (Å²) in [5.74, 6) is 1.50. The summed E-state index contributed by atoms with van der Waals surface area (Å²) < 4.78 is 11.9. The minimum Gasteiger partial charge on any atom is -0.496 e. The molecular weight excluding hydrogens is 358 g/mol. The molecule has 3 aromatic heterocycles. The normalized spacial score (nSPS) is 10.6. The van der Waals surface area contributed by atoms with Gasteiger partial charge in [0.2, 0.25) is 5.95 Å². The lowest BCUT2D eigenvalue weighted by molar-refractivity contribution is 0.0944. The first-order chi connectivity index (χ1) is 13.8. The number of anilines is 1. The van der Waals surface area contributed by atoms with Crippen LogP contribution in [0.1, 0.15) is 16.1 Å². The Hall–Kier alpha value is -3.94. The molecule has 0 aliphatic heterocycles. The molecule has 0 fully saturated rings. The van der Waals surface area contributed by atoms with Crippen LogP contribution < -0.4 is 10.1 Å². The number of rotatable bonds is 6. The van der Waals surface area contributed by atoms with Crippen molar-refractivity contribution in [1.29, 1.82) is 0 Å². The summed E-state index contributed by atoms with van der Waals surface area (Å²) in [6.07, 6.45) is 4.89. The van der Waals surface area contributed by atoms with E-state index in [0.717, 1.165) is 0 Å². The predicted octanol–water partition coefficient (Wildman–Crippen LogP) is 3.24. The van der Waals surface area contributed by atoms with Crippen molar-refractivity contribution in [2.45, 2.75) is 6.54 Å². The third-order valence-corrected chi connectivity index (χ3v) is 4.06. The van der Waals surface area contributed by atoms with E-state index in [1.165, 1.54) is 11.8 Å². The topological polar surface area (TPSA) is 95.1 Å². The molecule has 0 spiro atoms. The predicted molar refractivity (Wildman–Crippen MR) is 102 cm³/mol. The molecule has 8 nitrogen and oxygen atoms in total. The van der Waals surface area contributed by atoms with Gasteiger partial charge in [0.25, 0.3) is 5.91 Å². The van der Waals surface area contributed by atoms with Crippen LogP contribution in [0.5, 0.6) is 5.75 Å². The van der Waals surface area contributed by atoms with E-state index >= 15 is 0 Å². The van der Waals surface area contributed by atoms with E-state index in [1.54, 1.807) is 55.1 Å². The Labute approximate surface area is 160 Å². The summed E-state index contributed by atoms with van der Waals surface area (Å²) in [5, 5.41) is 7.51. The van der Waals surface area contributed by atoms with Crippen molar-refractivity contribution in [3.05, 3.63) is 78.5 Å². The van der Waals surface area contributed by atoms with E-state index < -0.39 is 0 Å². The van der Waals surface area contributed by atoms with Crippen LogP contribution in [0.3, 0.4) is 0 Å². The fourth-order valence-electron chi connectivity index (χ4n) is 2.70. The van der Waals surface area contributed by atoms with Gasteiger partial charge in [0.15, 0.2) is 5.82 Å². The molecule has 28 heavy (non-hydrogen) atoms. The van der Waals surface area contributed by atoms with E-state index in [1.807, 2.05) is 12.1 Å². The van der Waals surface area contributed by atoms with Gasteiger partial charge in [0.05, 0.1) is 25.5 Å². The standard InChI is InChI=1S/C20H17N5O3/c1-27-17-9-3-2-8-16(17)19(26)25-20(22-13-15-7-5-11-28-15)23-18(24-25)14-6-4-10-21-12-14/h2-12H,13H2,1H3,(H,22,23,24). The molecule has 0 saturated heterocycles. The molecule has 1 N–H and O–H groups in total. The lowest BCUT2D eigenvalue weighted by atomic mass is 10.2. The number of carbonyl (C=O) groups excluding carboxylic acids is 1. The number of hydrogen-bond donors (Lipinski definition) is 1. The van der Waals surface area contributed by atoms with Gasteiger partial charge in [-0.25, -0.2) is 0 Å². The van der Waals surface area contributed by atoms with Gasteiger partial charge in [-0.05, 0) is 36.4 Å². The highest BCUT2D eigenvalue weighted by molar-refractivity contribution is 5.99. The van der Waals surface area contributed by atoms with Crippen molar-refractivity contribution < 1.29 is 13.9 Å². The average molecular weight is 375 g/mol. The third-order valence-electron chi connectivity index (χ3n) is 4.06. The maximum atomic E-state index is 13.2. The first-order valence-corrected chi connectivity index (χ1v) is 8.57. The van der Waals surface area contributed by atoms with Crippen LogP contribution >= 0.6 is 0 Å². The van der Waals surface area contributed by atoms with E-state index in [9.17, 15) is 4.79 Å². The van der Waals surface area contributed by atoms with Crippen molar-refractivity contribution in [2.75, 3.05) is 12.4 Å². The lowest BCUT2D eigenvalue weighted by Crippen LogP contribution is -2.18. The van der Waals surface area contributed by atoms with Crippen LogP contribution in [-0.2, 0) is 6.54 Å². The molecule has 4 rings (SSSR count). The SMILES string of the molecule is COc1ccccc1C(=O)n1nc(-c2cccnc2)nc1NCc1ccco1. The number of pyridine rings is 1. The second-order valence-electron chi connectivity index (χ2n) is 5.85. The summed E-state index contributed by atoms with van der Waals surface area (Å²) in [5.41, 5.74) is 1.09. The number of methoxy groups -OCH3 is 1. The Balaban J connectivity index is 1.73. The molecule has 140 valence electrons.